The maximum Gasteiger partial charge on any atom is 0.129 e. The smallest absolute Gasteiger partial charge is 0.129 e. The zero-order chi connectivity index (χ0) is 11.5. The van der Waals surface area contributed by atoms with Gasteiger partial charge in [-0.15, -0.1) is 0 Å². The van der Waals surface area contributed by atoms with E-state index < -0.39 is 0 Å². The molecule has 0 bridgehead atoms. The molecule has 0 aromatic heterocycles. The Morgan fingerprint density at radius 3 is 2.20 bits per heavy atom. The maximum atomic E-state index is 10.7. The van der Waals surface area contributed by atoms with Crippen LogP contribution in [-0.4, -0.2) is 5.78 Å². The lowest BCUT2D eigenvalue weighted by molar-refractivity contribution is -0.117. The van der Waals surface area contributed by atoms with Crippen LogP contribution in [-0.2, 0) is 11.2 Å². The molecule has 1 aromatic rings. The second-order valence-corrected chi connectivity index (χ2v) is 3.39. The van der Waals surface area contributed by atoms with Gasteiger partial charge in [0.25, 0.3) is 0 Å². The lowest BCUT2D eigenvalue weighted by Crippen LogP contribution is -1.91. The number of hydrogen-bond acceptors (Lipinski definition) is 1. The molecule has 0 atom stereocenters. The molecule has 0 saturated carbocycles. The van der Waals surface area contributed by atoms with Gasteiger partial charge in [0.05, 0.1) is 0 Å². The third-order valence-electron chi connectivity index (χ3n) is 2.09. The van der Waals surface area contributed by atoms with Crippen molar-refractivity contribution >= 4 is 5.78 Å². The van der Waals surface area contributed by atoms with Crippen LogP contribution in [0.25, 0.3) is 0 Å². The van der Waals surface area contributed by atoms with Crippen molar-refractivity contribution in [3.63, 3.8) is 0 Å². The van der Waals surface area contributed by atoms with E-state index in [-0.39, 0.29) is 0 Å². The highest BCUT2D eigenvalue weighted by Gasteiger charge is 1.94. The third kappa shape index (κ3) is 7.92. The van der Waals surface area contributed by atoms with E-state index in [9.17, 15) is 4.79 Å². The van der Waals surface area contributed by atoms with E-state index in [1.165, 1.54) is 5.56 Å². The van der Waals surface area contributed by atoms with Crippen molar-refractivity contribution < 1.29 is 4.79 Å². The van der Waals surface area contributed by atoms with Gasteiger partial charge in [-0.05, 0) is 31.7 Å². The third-order valence-corrected chi connectivity index (χ3v) is 2.09. The van der Waals surface area contributed by atoms with Crippen molar-refractivity contribution in [3.8, 4) is 0 Å². The minimum Gasteiger partial charge on any atom is -0.300 e. The van der Waals surface area contributed by atoms with E-state index >= 15 is 0 Å². The molecular weight excluding hydrogens is 184 g/mol. The van der Waals surface area contributed by atoms with Gasteiger partial charge in [-0.25, -0.2) is 0 Å². The predicted molar refractivity (Wildman–Crippen MR) is 66.0 cm³/mol. The lowest BCUT2D eigenvalue weighted by Gasteiger charge is -1.99. The molecule has 1 nitrogen and oxygen atoms in total. The van der Waals surface area contributed by atoms with Gasteiger partial charge in [-0.1, -0.05) is 44.2 Å². The lowest BCUT2D eigenvalue weighted by atomic mass is 10.1. The molecule has 0 N–H and O–H groups in total. The van der Waals surface area contributed by atoms with Crippen LogP contribution < -0.4 is 0 Å². The molecule has 0 fully saturated rings. The quantitative estimate of drug-likeness (QED) is 0.665. The summed E-state index contributed by atoms with van der Waals surface area (Å²) < 4.78 is 0. The first-order valence-corrected chi connectivity index (χ1v) is 5.82. The first kappa shape index (κ1) is 13.9. The van der Waals surface area contributed by atoms with Crippen molar-refractivity contribution in [1.82, 2.24) is 0 Å². The molecule has 0 saturated heterocycles. The van der Waals surface area contributed by atoms with E-state index in [4.69, 9.17) is 0 Å². The summed E-state index contributed by atoms with van der Waals surface area (Å²) >= 11 is 0. The zero-order valence-corrected chi connectivity index (χ0v) is 10.1. The maximum absolute atomic E-state index is 10.7. The minimum atomic E-state index is 0.299. The summed E-state index contributed by atoms with van der Waals surface area (Å²) in [6.45, 7) is 5.66. The molecule has 1 heteroatoms. The molecule has 15 heavy (non-hydrogen) atoms. The van der Waals surface area contributed by atoms with Gasteiger partial charge in [0.15, 0.2) is 0 Å². The summed E-state index contributed by atoms with van der Waals surface area (Å²) in [5.41, 5.74) is 1.37. The Kier molecular flexibility index (Phi) is 8.75. The Hall–Kier alpha value is -1.11. The van der Waals surface area contributed by atoms with Crippen LogP contribution in [0.1, 0.15) is 45.6 Å². The van der Waals surface area contributed by atoms with E-state index in [1.807, 2.05) is 19.9 Å². The highest BCUT2D eigenvalue weighted by molar-refractivity contribution is 5.75. The Balaban J connectivity index is 0.000000921. The summed E-state index contributed by atoms with van der Waals surface area (Å²) in [4.78, 5) is 10.7. The van der Waals surface area contributed by atoms with Gasteiger partial charge in [0, 0.05) is 6.42 Å². The van der Waals surface area contributed by atoms with Gasteiger partial charge in [-0.3, -0.25) is 0 Å². The normalized spacial score (nSPS) is 9.00. The number of carbonyl (C=O) groups is 1. The van der Waals surface area contributed by atoms with Crippen LogP contribution in [0.4, 0.5) is 0 Å². The SMILES string of the molecule is CC.CC(=O)CCCCc1ccccc1. The van der Waals surface area contributed by atoms with Crippen molar-refractivity contribution in [1.29, 1.82) is 0 Å². The topological polar surface area (TPSA) is 17.1 Å². The van der Waals surface area contributed by atoms with E-state index in [2.05, 4.69) is 24.3 Å². The number of benzene rings is 1. The van der Waals surface area contributed by atoms with E-state index in [0.717, 1.165) is 25.7 Å². The van der Waals surface area contributed by atoms with Gasteiger partial charge >= 0.3 is 0 Å². The number of hydrogen-bond donors (Lipinski definition) is 0. The van der Waals surface area contributed by atoms with Crippen LogP contribution in [0.5, 0.6) is 0 Å². The largest absolute Gasteiger partial charge is 0.300 e. The van der Waals surface area contributed by atoms with Crippen LogP contribution in [0.2, 0.25) is 0 Å². The minimum absolute atomic E-state index is 0.299. The number of unbranched alkanes of at least 4 members (excludes halogenated alkanes) is 1. The Bertz CT molecular complexity index is 251. The van der Waals surface area contributed by atoms with E-state index in [1.54, 1.807) is 6.92 Å². The number of ketones is 1. The predicted octanol–water partition coefficient (Wildman–Crippen LogP) is 4.01. The molecule has 84 valence electrons. The number of aryl methyl sites for hydroxylation is 1. The van der Waals surface area contributed by atoms with Crippen molar-refractivity contribution in [2.24, 2.45) is 0 Å². The fourth-order valence-corrected chi connectivity index (χ4v) is 1.35. The first-order chi connectivity index (χ1) is 7.29. The molecule has 0 aliphatic carbocycles. The van der Waals surface area contributed by atoms with Crippen LogP contribution in [0, 0.1) is 0 Å². The van der Waals surface area contributed by atoms with Gasteiger partial charge in [-0.2, -0.15) is 0 Å². The molecule has 1 aromatic carbocycles. The number of carbonyl (C=O) groups excluding carboxylic acids is 1. The molecule has 0 unspecified atom stereocenters. The van der Waals surface area contributed by atoms with Crippen LogP contribution >= 0.6 is 0 Å². The first-order valence-electron chi connectivity index (χ1n) is 5.82. The summed E-state index contributed by atoms with van der Waals surface area (Å²) in [7, 11) is 0. The van der Waals surface area contributed by atoms with Crippen LogP contribution in [0.15, 0.2) is 30.3 Å². The summed E-state index contributed by atoms with van der Waals surface area (Å²) in [5.74, 6) is 0.299. The molecule has 0 amide bonds. The summed E-state index contributed by atoms with van der Waals surface area (Å²) in [6, 6.07) is 10.4. The average Bonchev–Trinajstić information content (AvgIpc) is 2.28. The molecule has 0 aliphatic rings. The molecule has 0 heterocycles. The zero-order valence-electron chi connectivity index (χ0n) is 10.1. The number of rotatable bonds is 5. The summed E-state index contributed by atoms with van der Waals surface area (Å²) in [6.07, 6.45) is 3.95. The van der Waals surface area contributed by atoms with Crippen LogP contribution in [0.3, 0.4) is 0 Å². The average molecular weight is 206 g/mol. The van der Waals surface area contributed by atoms with Crippen molar-refractivity contribution in [2.45, 2.75) is 46.5 Å². The van der Waals surface area contributed by atoms with Crippen molar-refractivity contribution in [3.05, 3.63) is 35.9 Å². The standard InChI is InChI=1S/C12H16O.C2H6/c1-11(13)7-5-6-10-12-8-3-2-4-9-12;1-2/h2-4,8-9H,5-7,10H2,1H3;1-2H3. The van der Waals surface area contributed by atoms with Gasteiger partial charge in [0.1, 0.15) is 5.78 Å². The fourth-order valence-electron chi connectivity index (χ4n) is 1.35. The van der Waals surface area contributed by atoms with Gasteiger partial charge < -0.3 is 4.79 Å². The van der Waals surface area contributed by atoms with E-state index in [0.29, 0.717) is 5.78 Å². The Morgan fingerprint density at radius 1 is 1.07 bits per heavy atom. The molecule has 1 rings (SSSR count). The molecule has 0 aliphatic heterocycles. The molecule has 0 radical (unpaired) electrons. The Labute approximate surface area is 93.5 Å². The Morgan fingerprint density at radius 2 is 1.67 bits per heavy atom. The highest BCUT2D eigenvalue weighted by atomic mass is 16.1. The second-order valence-electron chi connectivity index (χ2n) is 3.39. The fraction of sp³-hybridized carbons (Fsp3) is 0.500. The second kappa shape index (κ2) is 9.45. The number of Topliss-reactive ketones (excluding diaryl/α,β-unsaturated/α-hetero) is 1. The molecule has 0 spiro atoms. The monoisotopic (exact) mass is 206 g/mol. The van der Waals surface area contributed by atoms with Crippen molar-refractivity contribution in [2.75, 3.05) is 0 Å². The summed E-state index contributed by atoms with van der Waals surface area (Å²) in [5, 5.41) is 0. The highest BCUT2D eigenvalue weighted by Crippen LogP contribution is 2.05. The van der Waals surface area contributed by atoms with Gasteiger partial charge in [0.2, 0.25) is 0 Å². The molecular formula is C14H22O.